The van der Waals surface area contributed by atoms with Crippen molar-refractivity contribution in [3.05, 3.63) is 73.1 Å². The van der Waals surface area contributed by atoms with Crippen LogP contribution in [0.1, 0.15) is 0 Å². The van der Waals surface area contributed by atoms with E-state index in [-0.39, 0.29) is 30.5 Å². The van der Waals surface area contributed by atoms with Crippen molar-refractivity contribution < 1.29 is 13.5 Å². The molecule has 0 saturated heterocycles. The highest BCUT2D eigenvalue weighted by Gasteiger charge is 2.25. The maximum atomic E-state index is 13.3. The molecule has 9 heteroatoms. The van der Waals surface area contributed by atoms with Crippen LogP contribution in [-0.4, -0.2) is 52.7 Å². The van der Waals surface area contributed by atoms with Gasteiger partial charge in [-0.05, 0) is 23.6 Å². The van der Waals surface area contributed by atoms with E-state index in [1.54, 1.807) is 30.1 Å². The number of benzene rings is 2. The number of aliphatic hydroxyl groups is 1. The second-order valence-electron chi connectivity index (χ2n) is 6.47. The van der Waals surface area contributed by atoms with Crippen molar-refractivity contribution in [1.29, 1.82) is 0 Å². The number of imidazole rings is 1. The Balaban J connectivity index is 0.00000256. The molecule has 2 aromatic carbocycles. The lowest BCUT2D eigenvalue weighted by molar-refractivity contribution is 0.257. The number of pyridine rings is 1. The van der Waals surface area contributed by atoms with Gasteiger partial charge in [0.25, 0.3) is 0 Å². The number of sulfonamides is 1. The van der Waals surface area contributed by atoms with Crippen LogP contribution in [0.3, 0.4) is 0 Å². The fourth-order valence-electron chi connectivity index (χ4n) is 3.31. The van der Waals surface area contributed by atoms with Gasteiger partial charge >= 0.3 is 0 Å². The Labute approximate surface area is 186 Å². The van der Waals surface area contributed by atoms with Crippen LogP contribution in [0.4, 0.5) is 0 Å². The van der Waals surface area contributed by atoms with Crippen LogP contribution in [0.15, 0.2) is 83.0 Å². The molecule has 0 aliphatic carbocycles. The Morgan fingerprint density at radius 3 is 2.60 bits per heavy atom. The standard InChI is InChI=1S/C21H21N3O3S2.ClH/c25-15-13-23(14-16-28-21-10-4-9-20-22-11-12-24(20)21)29(26,27)19-8-3-6-17-5-1-2-7-18(17)19;/h1-12,25H,13-16H2;1H. The smallest absolute Gasteiger partial charge is 0.243 e. The molecule has 0 bridgehead atoms. The van der Waals surface area contributed by atoms with Gasteiger partial charge in [0.15, 0.2) is 0 Å². The van der Waals surface area contributed by atoms with Crippen molar-refractivity contribution in [2.24, 2.45) is 0 Å². The summed E-state index contributed by atoms with van der Waals surface area (Å²) in [4.78, 5) is 4.54. The van der Waals surface area contributed by atoms with Crippen molar-refractivity contribution >= 4 is 50.6 Å². The van der Waals surface area contributed by atoms with Crippen LogP contribution in [-0.2, 0) is 10.0 Å². The highest BCUT2D eigenvalue weighted by Crippen LogP contribution is 2.26. The summed E-state index contributed by atoms with van der Waals surface area (Å²) in [6.45, 7) is 0.120. The number of hydrogen-bond acceptors (Lipinski definition) is 5. The van der Waals surface area contributed by atoms with Crippen LogP contribution < -0.4 is 0 Å². The van der Waals surface area contributed by atoms with Gasteiger partial charge in [0, 0.05) is 36.6 Å². The number of nitrogens with zero attached hydrogens (tertiary/aromatic N) is 3. The molecular formula is C21H22ClN3O3S2. The Morgan fingerprint density at radius 1 is 1.00 bits per heavy atom. The maximum absolute atomic E-state index is 13.3. The van der Waals surface area contributed by atoms with Crippen LogP contribution >= 0.6 is 24.2 Å². The van der Waals surface area contributed by atoms with E-state index in [9.17, 15) is 13.5 Å². The van der Waals surface area contributed by atoms with Crippen molar-refractivity contribution in [1.82, 2.24) is 13.7 Å². The molecule has 0 unspecified atom stereocenters. The molecule has 6 nitrogen and oxygen atoms in total. The fraction of sp³-hybridized carbons (Fsp3) is 0.190. The van der Waals surface area contributed by atoms with Gasteiger partial charge in [-0.2, -0.15) is 4.31 Å². The lowest BCUT2D eigenvalue weighted by Crippen LogP contribution is -2.35. The summed E-state index contributed by atoms with van der Waals surface area (Å²) >= 11 is 1.56. The third-order valence-electron chi connectivity index (χ3n) is 4.70. The van der Waals surface area contributed by atoms with Gasteiger partial charge < -0.3 is 5.11 Å². The zero-order valence-corrected chi connectivity index (χ0v) is 18.5. The molecule has 2 aromatic heterocycles. The molecule has 0 aliphatic heterocycles. The molecular weight excluding hydrogens is 442 g/mol. The Bertz CT molecular complexity index is 1240. The highest BCUT2D eigenvalue weighted by atomic mass is 35.5. The van der Waals surface area contributed by atoms with E-state index in [1.807, 2.05) is 59.1 Å². The third kappa shape index (κ3) is 4.48. The average Bonchev–Trinajstić information content (AvgIpc) is 3.22. The minimum absolute atomic E-state index is 0. The Kier molecular flexibility index (Phi) is 7.38. The average molecular weight is 464 g/mol. The summed E-state index contributed by atoms with van der Waals surface area (Å²) < 4.78 is 30.0. The molecule has 0 amide bonds. The first-order chi connectivity index (χ1) is 14.1. The molecule has 2 heterocycles. The number of halogens is 1. The fourth-order valence-corrected chi connectivity index (χ4v) is 6.07. The summed E-state index contributed by atoms with van der Waals surface area (Å²) in [5.41, 5.74) is 0.852. The molecule has 0 radical (unpaired) electrons. The number of hydrogen-bond donors (Lipinski definition) is 1. The molecule has 0 saturated carbocycles. The molecule has 158 valence electrons. The highest BCUT2D eigenvalue weighted by molar-refractivity contribution is 7.99. The van der Waals surface area contributed by atoms with E-state index < -0.39 is 10.0 Å². The third-order valence-corrected chi connectivity index (χ3v) is 7.67. The van der Waals surface area contributed by atoms with Gasteiger partial charge in [-0.15, -0.1) is 24.2 Å². The molecule has 0 fully saturated rings. The van der Waals surface area contributed by atoms with Crippen molar-refractivity contribution in [3.8, 4) is 0 Å². The zero-order valence-electron chi connectivity index (χ0n) is 16.1. The van der Waals surface area contributed by atoms with Gasteiger partial charge in [-0.25, -0.2) is 13.4 Å². The quantitative estimate of drug-likeness (QED) is 0.403. The summed E-state index contributed by atoms with van der Waals surface area (Å²) in [5.74, 6) is 0.557. The minimum Gasteiger partial charge on any atom is -0.395 e. The molecule has 1 N–H and O–H groups in total. The summed E-state index contributed by atoms with van der Waals surface area (Å²) in [5, 5.41) is 12.0. The monoisotopic (exact) mass is 463 g/mol. The molecule has 0 spiro atoms. The first-order valence-corrected chi connectivity index (χ1v) is 11.7. The van der Waals surface area contributed by atoms with E-state index in [2.05, 4.69) is 4.98 Å². The van der Waals surface area contributed by atoms with Crippen LogP contribution in [0.25, 0.3) is 16.4 Å². The van der Waals surface area contributed by atoms with Gasteiger partial charge in [-0.3, -0.25) is 4.40 Å². The number of aliphatic hydroxyl groups excluding tert-OH is 1. The topological polar surface area (TPSA) is 74.9 Å². The van der Waals surface area contributed by atoms with E-state index in [0.29, 0.717) is 17.7 Å². The lowest BCUT2D eigenvalue weighted by atomic mass is 10.1. The first-order valence-electron chi connectivity index (χ1n) is 9.25. The second-order valence-corrected chi connectivity index (χ2v) is 9.49. The van der Waals surface area contributed by atoms with Crippen molar-refractivity contribution in [3.63, 3.8) is 0 Å². The van der Waals surface area contributed by atoms with Gasteiger partial charge in [0.05, 0.1) is 16.5 Å². The first kappa shape index (κ1) is 22.6. The predicted molar refractivity (Wildman–Crippen MR) is 123 cm³/mol. The number of fused-ring (bicyclic) bond motifs is 2. The van der Waals surface area contributed by atoms with Crippen molar-refractivity contribution in [2.75, 3.05) is 25.4 Å². The molecule has 4 aromatic rings. The largest absolute Gasteiger partial charge is 0.395 e. The predicted octanol–water partition coefficient (Wildman–Crippen LogP) is 3.68. The SMILES string of the molecule is Cl.O=S(=O)(c1cccc2ccccc12)N(CCO)CCSc1cccc2nccn12. The minimum atomic E-state index is -3.74. The van der Waals surface area contributed by atoms with Crippen molar-refractivity contribution in [2.45, 2.75) is 9.92 Å². The molecule has 4 rings (SSSR count). The lowest BCUT2D eigenvalue weighted by Gasteiger charge is -2.22. The zero-order chi connectivity index (χ0) is 20.3. The molecule has 0 aliphatic rings. The van der Waals surface area contributed by atoms with E-state index in [1.165, 1.54) is 4.31 Å². The maximum Gasteiger partial charge on any atom is 0.243 e. The number of rotatable bonds is 8. The van der Waals surface area contributed by atoms with E-state index in [0.717, 1.165) is 16.1 Å². The molecule has 30 heavy (non-hydrogen) atoms. The van der Waals surface area contributed by atoms with Crippen LogP contribution in [0.2, 0.25) is 0 Å². The molecule has 0 atom stereocenters. The normalized spacial score (nSPS) is 11.8. The summed E-state index contributed by atoms with van der Waals surface area (Å²) in [7, 11) is -3.74. The second kappa shape index (κ2) is 9.80. The van der Waals surface area contributed by atoms with Crippen LogP contribution in [0, 0.1) is 0 Å². The Morgan fingerprint density at radius 2 is 1.77 bits per heavy atom. The van der Waals surface area contributed by atoms with Gasteiger partial charge in [-0.1, -0.05) is 42.5 Å². The number of aromatic nitrogens is 2. The van der Waals surface area contributed by atoms with E-state index in [4.69, 9.17) is 0 Å². The van der Waals surface area contributed by atoms with Gasteiger partial charge in [0.2, 0.25) is 10.0 Å². The van der Waals surface area contributed by atoms with Gasteiger partial charge in [0.1, 0.15) is 5.65 Å². The van der Waals surface area contributed by atoms with Crippen LogP contribution in [0.5, 0.6) is 0 Å². The Hall–Kier alpha value is -2.10. The summed E-state index contributed by atoms with van der Waals surface area (Å²) in [6.07, 6.45) is 3.62. The van der Waals surface area contributed by atoms with E-state index >= 15 is 0 Å². The summed E-state index contributed by atoms with van der Waals surface area (Å²) in [6, 6.07) is 18.5. The number of thioether (sulfide) groups is 1.